The van der Waals surface area contributed by atoms with Gasteiger partial charge in [0.25, 0.3) is 0 Å². The minimum absolute atomic E-state index is 0.871. The number of aryl methyl sites for hydroxylation is 2. The Morgan fingerprint density at radius 3 is 2.82 bits per heavy atom. The van der Waals surface area contributed by atoms with E-state index in [2.05, 4.69) is 51.1 Å². The molecule has 4 aromatic rings. The average molecular weight is 305 g/mol. The van der Waals surface area contributed by atoms with Gasteiger partial charge in [-0.2, -0.15) is 11.3 Å². The molecular formula is C18H15N3S. The molecule has 0 radical (unpaired) electrons. The van der Waals surface area contributed by atoms with E-state index in [-0.39, 0.29) is 0 Å². The highest BCUT2D eigenvalue weighted by atomic mass is 32.1. The number of nitrogens with one attached hydrogen (secondary N) is 1. The Labute approximate surface area is 132 Å². The maximum atomic E-state index is 4.71. The zero-order chi connectivity index (χ0) is 14.8. The average Bonchev–Trinajstić information content (AvgIpc) is 3.24. The summed E-state index contributed by atoms with van der Waals surface area (Å²) in [5, 5.41) is 5.37. The van der Waals surface area contributed by atoms with Crippen molar-refractivity contribution >= 4 is 22.2 Å². The smallest absolute Gasteiger partial charge is 0.107 e. The number of hydrogen-bond acceptors (Lipinski definition) is 3. The lowest BCUT2D eigenvalue weighted by Gasteiger charge is -2.01. The third-order valence-corrected chi connectivity index (χ3v) is 4.41. The molecule has 0 unspecified atom stereocenters. The lowest BCUT2D eigenvalue weighted by atomic mass is 10.1. The van der Waals surface area contributed by atoms with E-state index in [4.69, 9.17) is 4.98 Å². The summed E-state index contributed by atoms with van der Waals surface area (Å²) in [6.07, 6.45) is 3.74. The number of aromatic amines is 1. The molecule has 0 saturated heterocycles. The molecule has 3 heterocycles. The number of rotatable bonds is 4. The molecule has 4 rings (SSSR count). The maximum absolute atomic E-state index is 4.71. The highest BCUT2D eigenvalue weighted by Crippen LogP contribution is 2.20. The van der Waals surface area contributed by atoms with Gasteiger partial charge in [-0.3, -0.25) is 4.98 Å². The van der Waals surface area contributed by atoms with E-state index in [0.717, 1.165) is 35.6 Å². The van der Waals surface area contributed by atoms with Crippen LogP contribution in [0.3, 0.4) is 0 Å². The van der Waals surface area contributed by atoms with E-state index in [9.17, 15) is 0 Å². The minimum atomic E-state index is 0.871. The Kier molecular flexibility index (Phi) is 3.45. The Balaban J connectivity index is 1.49. The van der Waals surface area contributed by atoms with Crippen LogP contribution in [0, 0.1) is 0 Å². The SMILES string of the molecule is c1ccc2nc(CCc3nc(-c4ccsc4)c[nH]3)ccc2c1. The molecule has 0 fully saturated rings. The van der Waals surface area contributed by atoms with Crippen LogP contribution in [0.5, 0.6) is 0 Å². The monoisotopic (exact) mass is 305 g/mol. The van der Waals surface area contributed by atoms with Crippen LogP contribution in [0.25, 0.3) is 22.2 Å². The first-order valence-electron chi connectivity index (χ1n) is 7.30. The third kappa shape index (κ3) is 2.65. The van der Waals surface area contributed by atoms with Crippen molar-refractivity contribution in [1.82, 2.24) is 15.0 Å². The molecule has 0 spiro atoms. The molecule has 0 saturated carbocycles. The lowest BCUT2D eigenvalue weighted by Crippen LogP contribution is -1.96. The molecular weight excluding hydrogens is 290 g/mol. The number of benzene rings is 1. The van der Waals surface area contributed by atoms with Gasteiger partial charge < -0.3 is 4.98 Å². The first-order valence-corrected chi connectivity index (χ1v) is 8.24. The molecule has 0 aliphatic rings. The molecule has 0 aliphatic heterocycles. The van der Waals surface area contributed by atoms with Gasteiger partial charge in [-0.25, -0.2) is 4.98 Å². The fraction of sp³-hybridized carbons (Fsp3) is 0.111. The number of imidazole rings is 1. The van der Waals surface area contributed by atoms with Gasteiger partial charge in [-0.15, -0.1) is 0 Å². The minimum Gasteiger partial charge on any atom is -0.348 e. The number of fused-ring (bicyclic) bond motifs is 1. The molecule has 108 valence electrons. The summed E-state index contributed by atoms with van der Waals surface area (Å²) in [4.78, 5) is 12.6. The number of nitrogens with zero attached hydrogens (tertiary/aromatic N) is 2. The van der Waals surface area contributed by atoms with Crippen molar-refractivity contribution in [2.45, 2.75) is 12.8 Å². The second kappa shape index (κ2) is 5.73. The predicted octanol–water partition coefficient (Wildman–Crippen LogP) is 4.47. The molecule has 1 aromatic carbocycles. The number of hydrogen-bond donors (Lipinski definition) is 1. The second-order valence-electron chi connectivity index (χ2n) is 5.24. The van der Waals surface area contributed by atoms with Gasteiger partial charge in [0.05, 0.1) is 11.2 Å². The quantitative estimate of drug-likeness (QED) is 0.604. The van der Waals surface area contributed by atoms with Crippen molar-refractivity contribution in [3.8, 4) is 11.3 Å². The summed E-state index contributed by atoms with van der Waals surface area (Å²) in [7, 11) is 0. The van der Waals surface area contributed by atoms with Crippen molar-refractivity contribution in [1.29, 1.82) is 0 Å². The van der Waals surface area contributed by atoms with Gasteiger partial charge >= 0.3 is 0 Å². The zero-order valence-corrected chi connectivity index (χ0v) is 12.8. The summed E-state index contributed by atoms with van der Waals surface area (Å²) >= 11 is 1.69. The fourth-order valence-electron chi connectivity index (χ4n) is 2.54. The van der Waals surface area contributed by atoms with Gasteiger partial charge in [0.1, 0.15) is 5.82 Å². The molecule has 0 atom stereocenters. The Morgan fingerprint density at radius 2 is 1.91 bits per heavy atom. The zero-order valence-electron chi connectivity index (χ0n) is 12.0. The Bertz CT molecular complexity index is 894. The fourth-order valence-corrected chi connectivity index (χ4v) is 3.19. The van der Waals surface area contributed by atoms with Crippen LogP contribution in [-0.4, -0.2) is 15.0 Å². The van der Waals surface area contributed by atoms with Crippen molar-refractivity contribution in [2.24, 2.45) is 0 Å². The summed E-state index contributed by atoms with van der Waals surface area (Å²) < 4.78 is 0. The van der Waals surface area contributed by atoms with Gasteiger partial charge in [-0.05, 0) is 30.0 Å². The number of pyridine rings is 1. The molecule has 22 heavy (non-hydrogen) atoms. The van der Waals surface area contributed by atoms with E-state index < -0.39 is 0 Å². The lowest BCUT2D eigenvalue weighted by molar-refractivity contribution is 0.862. The first kappa shape index (κ1) is 13.2. The van der Waals surface area contributed by atoms with Crippen LogP contribution < -0.4 is 0 Å². The summed E-state index contributed by atoms with van der Waals surface area (Å²) in [6, 6.07) is 14.5. The number of aromatic nitrogens is 3. The molecule has 3 aromatic heterocycles. The Morgan fingerprint density at radius 1 is 0.955 bits per heavy atom. The van der Waals surface area contributed by atoms with Crippen LogP contribution in [0.4, 0.5) is 0 Å². The molecule has 0 amide bonds. The van der Waals surface area contributed by atoms with Crippen molar-refractivity contribution in [2.75, 3.05) is 0 Å². The van der Waals surface area contributed by atoms with E-state index in [1.165, 1.54) is 10.9 Å². The van der Waals surface area contributed by atoms with Crippen LogP contribution in [0.2, 0.25) is 0 Å². The molecule has 3 nitrogen and oxygen atoms in total. The van der Waals surface area contributed by atoms with Crippen LogP contribution in [0.1, 0.15) is 11.5 Å². The summed E-state index contributed by atoms with van der Waals surface area (Å²) in [6.45, 7) is 0. The second-order valence-corrected chi connectivity index (χ2v) is 6.02. The molecule has 0 aliphatic carbocycles. The van der Waals surface area contributed by atoms with Gasteiger partial charge in [0.2, 0.25) is 0 Å². The number of para-hydroxylation sites is 1. The van der Waals surface area contributed by atoms with Gasteiger partial charge in [0, 0.05) is 34.6 Å². The third-order valence-electron chi connectivity index (χ3n) is 3.72. The van der Waals surface area contributed by atoms with Gasteiger partial charge in [0.15, 0.2) is 0 Å². The van der Waals surface area contributed by atoms with Crippen LogP contribution >= 0.6 is 11.3 Å². The van der Waals surface area contributed by atoms with Crippen LogP contribution in [-0.2, 0) is 12.8 Å². The molecule has 1 N–H and O–H groups in total. The maximum Gasteiger partial charge on any atom is 0.107 e. The highest BCUT2D eigenvalue weighted by molar-refractivity contribution is 7.08. The van der Waals surface area contributed by atoms with E-state index in [1.807, 2.05) is 18.3 Å². The van der Waals surface area contributed by atoms with E-state index in [0.29, 0.717) is 0 Å². The standard InChI is InChI=1S/C18H15N3S/c1-2-4-16-13(3-1)5-6-15(20-16)7-8-18-19-11-17(21-18)14-9-10-22-12-14/h1-6,9-12H,7-8H2,(H,19,21). The topological polar surface area (TPSA) is 41.6 Å². The molecule has 0 bridgehead atoms. The van der Waals surface area contributed by atoms with Crippen LogP contribution in [0.15, 0.2) is 59.4 Å². The number of thiophene rings is 1. The van der Waals surface area contributed by atoms with E-state index in [1.54, 1.807) is 11.3 Å². The summed E-state index contributed by atoms with van der Waals surface area (Å²) in [5.41, 5.74) is 4.35. The van der Waals surface area contributed by atoms with Crippen molar-refractivity contribution in [3.63, 3.8) is 0 Å². The highest BCUT2D eigenvalue weighted by Gasteiger charge is 2.05. The van der Waals surface area contributed by atoms with E-state index >= 15 is 0 Å². The summed E-state index contributed by atoms with van der Waals surface area (Å²) in [5.74, 6) is 1.01. The van der Waals surface area contributed by atoms with Gasteiger partial charge in [-0.1, -0.05) is 24.3 Å². The van der Waals surface area contributed by atoms with Crippen molar-refractivity contribution < 1.29 is 0 Å². The number of H-pyrrole nitrogens is 1. The Hall–Kier alpha value is -2.46. The largest absolute Gasteiger partial charge is 0.348 e. The first-order chi connectivity index (χ1) is 10.9. The molecule has 4 heteroatoms. The van der Waals surface area contributed by atoms with Crippen molar-refractivity contribution in [3.05, 3.63) is 70.9 Å². The predicted molar refractivity (Wildman–Crippen MR) is 91.1 cm³/mol. The normalized spacial score (nSPS) is 11.1.